The van der Waals surface area contributed by atoms with Gasteiger partial charge in [0.15, 0.2) is 0 Å². The number of benzene rings is 1. The second kappa shape index (κ2) is 6.53. The Hall–Kier alpha value is -2.15. The van der Waals surface area contributed by atoms with Crippen LogP contribution in [0.2, 0.25) is 5.02 Å². The van der Waals surface area contributed by atoms with Crippen LogP contribution in [-0.2, 0) is 4.79 Å². The van der Waals surface area contributed by atoms with Gasteiger partial charge in [0.2, 0.25) is 5.91 Å². The molecule has 0 spiro atoms. The van der Waals surface area contributed by atoms with Gasteiger partial charge in [-0.25, -0.2) is 4.79 Å². The Balaban J connectivity index is 2.08. The van der Waals surface area contributed by atoms with Gasteiger partial charge < -0.3 is 20.1 Å². The number of amides is 3. The van der Waals surface area contributed by atoms with E-state index in [2.05, 4.69) is 10.6 Å². The van der Waals surface area contributed by atoms with E-state index in [1.165, 1.54) is 14.2 Å². The number of anilines is 1. The zero-order valence-electron chi connectivity index (χ0n) is 11.7. The highest BCUT2D eigenvalue weighted by Gasteiger charge is 2.25. The van der Waals surface area contributed by atoms with Gasteiger partial charge in [0.25, 0.3) is 0 Å². The zero-order chi connectivity index (χ0) is 15.4. The number of methoxy groups -OCH3 is 2. The second-order valence-electron chi connectivity index (χ2n) is 4.32. The first-order chi connectivity index (χ1) is 10.1. The molecule has 0 bridgehead atoms. The van der Waals surface area contributed by atoms with Crippen molar-refractivity contribution < 1.29 is 19.1 Å². The normalized spacial score (nSPS) is 13.9. The van der Waals surface area contributed by atoms with E-state index in [1.807, 2.05) is 0 Å². The molecule has 1 fully saturated rings. The van der Waals surface area contributed by atoms with Crippen molar-refractivity contribution in [1.29, 1.82) is 0 Å². The summed E-state index contributed by atoms with van der Waals surface area (Å²) in [7, 11) is 3.00. The SMILES string of the molecule is COc1cc(NCC(=O)N2CCNC2=O)c(OC)cc1Cl. The van der Waals surface area contributed by atoms with Crippen molar-refractivity contribution in [3.63, 3.8) is 0 Å². The molecule has 8 heteroatoms. The van der Waals surface area contributed by atoms with Crippen LogP contribution in [0.3, 0.4) is 0 Å². The molecule has 7 nitrogen and oxygen atoms in total. The van der Waals surface area contributed by atoms with Crippen LogP contribution >= 0.6 is 11.6 Å². The fraction of sp³-hybridized carbons (Fsp3) is 0.385. The molecule has 1 aromatic carbocycles. The molecule has 3 amide bonds. The summed E-state index contributed by atoms with van der Waals surface area (Å²) in [6.45, 7) is 0.817. The number of halogens is 1. The number of carbonyl (C=O) groups is 2. The van der Waals surface area contributed by atoms with Gasteiger partial charge in [-0.05, 0) is 0 Å². The first-order valence-corrected chi connectivity index (χ1v) is 6.68. The number of imide groups is 1. The lowest BCUT2D eigenvalue weighted by molar-refractivity contribution is -0.125. The predicted molar refractivity (Wildman–Crippen MR) is 78.2 cm³/mol. The quantitative estimate of drug-likeness (QED) is 0.857. The lowest BCUT2D eigenvalue weighted by Crippen LogP contribution is -2.38. The molecule has 1 saturated heterocycles. The van der Waals surface area contributed by atoms with E-state index in [0.717, 1.165) is 4.90 Å². The number of rotatable bonds is 5. The summed E-state index contributed by atoms with van der Waals surface area (Å²) < 4.78 is 10.3. The Labute approximate surface area is 127 Å². The minimum atomic E-state index is -0.373. The largest absolute Gasteiger partial charge is 0.495 e. The highest BCUT2D eigenvalue weighted by Crippen LogP contribution is 2.35. The van der Waals surface area contributed by atoms with Gasteiger partial charge in [-0.3, -0.25) is 9.69 Å². The van der Waals surface area contributed by atoms with E-state index in [9.17, 15) is 9.59 Å². The standard InChI is InChI=1S/C13H16ClN3O4/c1-20-10-6-9(11(21-2)5-8(10)14)16-7-12(18)17-4-3-15-13(17)19/h5-6,16H,3-4,7H2,1-2H3,(H,15,19). The minimum absolute atomic E-state index is 0.0332. The summed E-state index contributed by atoms with van der Waals surface area (Å²) in [6.07, 6.45) is 0. The van der Waals surface area contributed by atoms with Crippen LogP contribution in [-0.4, -0.2) is 50.7 Å². The molecular formula is C13H16ClN3O4. The van der Waals surface area contributed by atoms with Crippen LogP contribution in [0, 0.1) is 0 Å². The smallest absolute Gasteiger partial charge is 0.324 e. The number of nitrogens with zero attached hydrogens (tertiary/aromatic N) is 1. The molecule has 0 aliphatic carbocycles. The molecule has 0 radical (unpaired) electrons. The molecule has 1 aliphatic heterocycles. The average Bonchev–Trinajstić information content (AvgIpc) is 2.91. The van der Waals surface area contributed by atoms with Gasteiger partial charge in [0.1, 0.15) is 11.5 Å². The molecule has 1 aliphatic rings. The van der Waals surface area contributed by atoms with Crippen molar-refractivity contribution >= 4 is 29.2 Å². The number of ether oxygens (including phenoxy) is 2. The number of hydrogen-bond acceptors (Lipinski definition) is 5. The van der Waals surface area contributed by atoms with Crippen LogP contribution in [0.1, 0.15) is 0 Å². The molecule has 2 rings (SSSR count). The highest BCUT2D eigenvalue weighted by molar-refractivity contribution is 6.32. The zero-order valence-corrected chi connectivity index (χ0v) is 12.5. The maximum Gasteiger partial charge on any atom is 0.324 e. The first kappa shape index (κ1) is 15.2. The van der Waals surface area contributed by atoms with Crippen molar-refractivity contribution in [2.75, 3.05) is 39.2 Å². The van der Waals surface area contributed by atoms with Gasteiger partial charge in [-0.1, -0.05) is 11.6 Å². The number of hydrogen-bond donors (Lipinski definition) is 2. The Morgan fingerprint density at radius 1 is 1.38 bits per heavy atom. The van der Waals surface area contributed by atoms with Crippen LogP contribution < -0.4 is 20.1 Å². The maximum absolute atomic E-state index is 12.0. The van der Waals surface area contributed by atoms with E-state index < -0.39 is 0 Å². The molecule has 114 valence electrons. The van der Waals surface area contributed by atoms with Crippen molar-refractivity contribution in [2.24, 2.45) is 0 Å². The van der Waals surface area contributed by atoms with Crippen LogP contribution in [0.4, 0.5) is 10.5 Å². The van der Waals surface area contributed by atoms with Gasteiger partial charge in [0, 0.05) is 25.2 Å². The summed E-state index contributed by atoms with van der Waals surface area (Å²) in [5, 5.41) is 5.91. The van der Waals surface area contributed by atoms with E-state index >= 15 is 0 Å². The molecule has 1 aromatic rings. The van der Waals surface area contributed by atoms with Crippen LogP contribution in [0.25, 0.3) is 0 Å². The summed E-state index contributed by atoms with van der Waals surface area (Å²) in [4.78, 5) is 24.5. The highest BCUT2D eigenvalue weighted by atomic mass is 35.5. The molecule has 0 atom stereocenters. The van der Waals surface area contributed by atoms with Gasteiger partial charge >= 0.3 is 6.03 Å². The lowest BCUT2D eigenvalue weighted by Gasteiger charge is -2.16. The third kappa shape index (κ3) is 3.30. The number of carbonyl (C=O) groups excluding carboxylic acids is 2. The minimum Gasteiger partial charge on any atom is -0.495 e. The summed E-state index contributed by atoms with van der Waals surface area (Å²) in [6, 6.07) is 2.86. The average molecular weight is 314 g/mol. The van der Waals surface area contributed by atoms with Gasteiger partial charge in [0.05, 0.1) is 31.5 Å². The van der Waals surface area contributed by atoms with E-state index in [1.54, 1.807) is 12.1 Å². The van der Waals surface area contributed by atoms with Crippen molar-refractivity contribution in [3.8, 4) is 11.5 Å². The van der Waals surface area contributed by atoms with E-state index in [0.29, 0.717) is 35.3 Å². The van der Waals surface area contributed by atoms with Crippen LogP contribution in [0.15, 0.2) is 12.1 Å². The predicted octanol–water partition coefficient (Wildman–Crippen LogP) is 1.32. The third-order valence-corrected chi connectivity index (χ3v) is 3.36. The molecule has 0 aromatic heterocycles. The molecule has 0 unspecified atom stereocenters. The number of nitrogens with one attached hydrogen (secondary N) is 2. The fourth-order valence-electron chi connectivity index (χ4n) is 1.97. The van der Waals surface area contributed by atoms with E-state index in [-0.39, 0.29) is 18.5 Å². The maximum atomic E-state index is 12.0. The monoisotopic (exact) mass is 313 g/mol. The molecule has 2 N–H and O–H groups in total. The van der Waals surface area contributed by atoms with Crippen LogP contribution in [0.5, 0.6) is 11.5 Å². The summed E-state index contributed by atoms with van der Waals surface area (Å²) in [5.74, 6) is 0.631. The fourth-order valence-corrected chi connectivity index (χ4v) is 2.21. The Morgan fingerprint density at radius 2 is 2.10 bits per heavy atom. The van der Waals surface area contributed by atoms with Crippen molar-refractivity contribution in [2.45, 2.75) is 0 Å². The Morgan fingerprint density at radius 3 is 2.67 bits per heavy atom. The van der Waals surface area contributed by atoms with Crippen molar-refractivity contribution in [1.82, 2.24) is 10.2 Å². The summed E-state index contributed by atoms with van der Waals surface area (Å²) >= 11 is 6.00. The lowest BCUT2D eigenvalue weighted by atomic mass is 10.2. The molecule has 0 saturated carbocycles. The topological polar surface area (TPSA) is 79.9 Å². The Kier molecular flexibility index (Phi) is 4.74. The van der Waals surface area contributed by atoms with E-state index in [4.69, 9.17) is 21.1 Å². The third-order valence-electron chi connectivity index (χ3n) is 3.06. The molecular weight excluding hydrogens is 298 g/mol. The summed E-state index contributed by atoms with van der Waals surface area (Å²) in [5.41, 5.74) is 0.562. The first-order valence-electron chi connectivity index (χ1n) is 6.30. The van der Waals surface area contributed by atoms with Gasteiger partial charge in [-0.15, -0.1) is 0 Å². The van der Waals surface area contributed by atoms with Gasteiger partial charge in [-0.2, -0.15) is 0 Å². The Bertz CT molecular complexity index is 565. The van der Waals surface area contributed by atoms with Crippen molar-refractivity contribution in [3.05, 3.63) is 17.2 Å². The molecule has 21 heavy (non-hydrogen) atoms. The molecule has 1 heterocycles. The second-order valence-corrected chi connectivity index (χ2v) is 4.73. The number of urea groups is 1.